The van der Waals surface area contributed by atoms with E-state index in [4.69, 9.17) is 14.2 Å². The Morgan fingerprint density at radius 3 is 0.941 bits per heavy atom. The van der Waals surface area contributed by atoms with E-state index in [2.05, 4.69) is 81.5 Å². The summed E-state index contributed by atoms with van der Waals surface area (Å²) in [5.74, 6) is -0.975. The van der Waals surface area contributed by atoms with Crippen molar-refractivity contribution in [2.75, 3.05) is 13.2 Å². The number of carbonyl (C=O) groups excluding carboxylic acids is 3. The zero-order chi connectivity index (χ0) is 49.3. The third-order valence-electron chi connectivity index (χ3n) is 11.5. The summed E-state index contributed by atoms with van der Waals surface area (Å²) >= 11 is 0. The van der Waals surface area contributed by atoms with Crippen LogP contribution in [-0.4, -0.2) is 37.2 Å². The van der Waals surface area contributed by atoms with Crippen molar-refractivity contribution >= 4 is 17.9 Å². The van der Waals surface area contributed by atoms with Crippen LogP contribution in [-0.2, 0) is 28.6 Å². The molecule has 1 atom stereocenters. The maximum Gasteiger partial charge on any atom is 0.306 e. The molecule has 68 heavy (non-hydrogen) atoms. The van der Waals surface area contributed by atoms with Crippen molar-refractivity contribution in [3.05, 3.63) is 122 Å². The van der Waals surface area contributed by atoms with Gasteiger partial charge in [0, 0.05) is 19.3 Å². The molecule has 0 radical (unpaired) electrons. The lowest BCUT2D eigenvalue weighted by molar-refractivity contribution is -0.167. The SMILES string of the molecule is CC\C=C/C=C\C=C/C=C\C=C\C=C/CCCCCC(=O)OC(COC(=O)CCCCCCC\C=C/C=C\C=C/C=C\CCCCC)COC(=O)CCCCCCCCCCCCCCCCC. The highest BCUT2D eigenvalue weighted by Gasteiger charge is 2.19. The molecule has 6 nitrogen and oxygen atoms in total. The Morgan fingerprint density at radius 2 is 0.574 bits per heavy atom. The lowest BCUT2D eigenvalue weighted by atomic mass is 10.0. The summed E-state index contributed by atoms with van der Waals surface area (Å²) < 4.78 is 16.8. The summed E-state index contributed by atoms with van der Waals surface area (Å²) in [4.78, 5) is 38.1. The second-order valence-electron chi connectivity index (χ2n) is 18.0. The van der Waals surface area contributed by atoms with E-state index in [1.54, 1.807) is 0 Å². The van der Waals surface area contributed by atoms with Crippen LogP contribution in [0.4, 0.5) is 0 Å². The molecule has 0 saturated carbocycles. The van der Waals surface area contributed by atoms with Gasteiger partial charge < -0.3 is 14.2 Å². The van der Waals surface area contributed by atoms with Gasteiger partial charge in [-0.3, -0.25) is 14.4 Å². The number of rotatable bonds is 48. The first-order valence-electron chi connectivity index (χ1n) is 27.7. The molecule has 0 aromatic rings. The number of allylic oxidation sites excluding steroid dienone is 20. The highest BCUT2D eigenvalue weighted by molar-refractivity contribution is 5.71. The molecule has 0 saturated heterocycles. The summed E-state index contributed by atoms with van der Waals surface area (Å²) in [5.41, 5.74) is 0. The van der Waals surface area contributed by atoms with Crippen LogP contribution in [0, 0.1) is 0 Å². The van der Waals surface area contributed by atoms with Crippen LogP contribution in [0.2, 0.25) is 0 Å². The molecule has 6 heteroatoms. The van der Waals surface area contributed by atoms with Crippen molar-refractivity contribution in [2.45, 2.75) is 239 Å². The summed E-state index contributed by atoms with van der Waals surface area (Å²) in [6.07, 6.45) is 76.0. The minimum absolute atomic E-state index is 0.106. The van der Waals surface area contributed by atoms with Gasteiger partial charge in [0.1, 0.15) is 13.2 Å². The molecule has 0 spiro atoms. The van der Waals surface area contributed by atoms with Gasteiger partial charge in [-0.2, -0.15) is 0 Å². The fourth-order valence-corrected chi connectivity index (χ4v) is 7.31. The number of esters is 3. The lowest BCUT2D eigenvalue weighted by Crippen LogP contribution is -2.30. The molecule has 0 aliphatic carbocycles. The predicted octanol–water partition coefficient (Wildman–Crippen LogP) is 18.5. The zero-order valence-corrected chi connectivity index (χ0v) is 43.8. The van der Waals surface area contributed by atoms with E-state index in [0.29, 0.717) is 19.3 Å². The van der Waals surface area contributed by atoms with Crippen molar-refractivity contribution in [1.82, 2.24) is 0 Å². The molecule has 0 aliphatic rings. The van der Waals surface area contributed by atoms with Crippen molar-refractivity contribution in [3.8, 4) is 0 Å². The van der Waals surface area contributed by atoms with Crippen LogP contribution in [0.15, 0.2) is 122 Å². The monoisotopic (exact) mass is 941 g/mol. The molecule has 384 valence electrons. The first kappa shape index (κ1) is 63.8. The molecule has 0 aromatic carbocycles. The van der Waals surface area contributed by atoms with E-state index in [1.807, 2.05) is 60.8 Å². The highest BCUT2D eigenvalue weighted by Crippen LogP contribution is 2.15. The van der Waals surface area contributed by atoms with Gasteiger partial charge in [-0.15, -0.1) is 0 Å². The largest absolute Gasteiger partial charge is 0.462 e. The summed E-state index contributed by atoms with van der Waals surface area (Å²) in [6, 6.07) is 0. The van der Waals surface area contributed by atoms with E-state index in [-0.39, 0.29) is 37.5 Å². The quantitative estimate of drug-likeness (QED) is 0.0262. The Labute approximate surface area is 418 Å². The second kappa shape index (κ2) is 55.4. The highest BCUT2D eigenvalue weighted by atomic mass is 16.6. The van der Waals surface area contributed by atoms with Gasteiger partial charge in [-0.25, -0.2) is 0 Å². The summed E-state index contributed by atoms with van der Waals surface area (Å²) in [7, 11) is 0. The summed E-state index contributed by atoms with van der Waals surface area (Å²) in [6.45, 7) is 6.40. The van der Waals surface area contributed by atoms with Gasteiger partial charge in [-0.1, -0.05) is 271 Å². The number of carbonyl (C=O) groups is 3. The molecule has 0 rings (SSSR count). The van der Waals surface area contributed by atoms with Crippen LogP contribution in [0.3, 0.4) is 0 Å². The zero-order valence-electron chi connectivity index (χ0n) is 43.8. The topological polar surface area (TPSA) is 78.9 Å². The minimum atomic E-state index is -0.814. The van der Waals surface area contributed by atoms with E-state index in [1.165, 1.54) is 96.3 Å². The normalized spacial score (nSPS) is 13.0. The molecule has 1 unspecified atom stereocenters. The first-order valence-corrected chi connectivity index (χ1v) is 27.7. The molecule has 0 aromatic heterocycles. The molecule has 0 fully saturated rings. The van der Waals surface area contributed by atoms with E-state index in [9.17, 15) is 14.4 Å². The van der Waals surface area contributed by atoms with Gasteiger partial charge in [0.05, 0.1) is 0 Å². The van der Waals surface area contributed by atoms with Crippen molar-refractivity contribution in [1.29, 1.82) is 0 Å². The molecule has 0 aliphatic heterocycles. The standard InChI is InChI=1S/C62H100O6/c1-4-7-10-13-16-19-22-25-28-30-32-34-37-40-43-46-49-52-55-61(64)67-58-59(57-66-60(63)54-51-48-45-42-39-36-33-27-24-21-18-15-12-9-6-3)68-62(65)56-53-50-47-44-41-38-35-31-29-26-23-20-17-14-11-8-5-2/h8,11,14,16-17,19-20,22-23,25-26,28-32,34-35,38,41,59H,4-7,9-10,12-13,15,18,21,24,27,33,36-37,39-40,42-58H2,1-3H3/b11-8-,17-14-,19-16-,23-20-,25-22-,29-26-,30-28-,34-32-,35-31+,41-38-. The van der Waals surface area contributed by atoms with Crippen LogP contribution in [0.1, 0.15) is 233 Å². The second-order valence-corrected chi connectivity index (χ2v) is 18.0. The van der Waals surface area contributed by atoms with Crippen LogP contribution in [0.25, 0.3) is 0 Å². The third-order valence-corrected chi connectivity index (χ3v) is 11.5. The Hall–Kier alpha value is -4.19. The number of hydrogen-bond acceptors (Lipinski definition) is 6. The maximum absolute atomic E-state index is 12.8. The van der Waals surface area contributed by atoms with Crippen molar-refractivity contribution < 1.29 is 28.6 Å². The molecule has 0 bridgehead atoms. The van der Waals surface area contributed by atoms with E-state index in [0.717, 1.165) is 89.9 Å². The third kappa shape index (κ3) is 52.8. The Kier molecular flexibility index (Phi) is 52.0. The van der Waals surface area contributed by atoms with Crippen molar-refractivity contribution in [2.24, 2.45) is 0 Å². The van der Waals surface area contributed by atoms with Gasteiger partial charge in [0.25, 0.3) is 0 Å². The van der Waals surface area contributed by atoms with Crippen molar-refractivity contribution in [3.63, 3.8) is 0 Å². The van der Waals surface area contributed by atoms with Gasteiger partial charge >= 0.3 is 17.9 Å². The Morgan fingerprint density at radius 1 is 0.309 bits per heavy atom. The number of hydrogen-bond donors (Lipinski definition) is 0. The maximum atomic E-state index is 12.8. The number of ether oxygens (including phenoxy) is 3. The van der Waals surface area contributed by atoms with Gasteiger partial charge in [0.2, 0.25) is 0 Å². The average molecular weight is 941 g/mol. The first-order chi connectivity index (χ1) is 33.5. The molecule has 0 amide bonds. The van der Waals surface area contributed by atoms with E-state index >= 15 is 0 Å². The molecule has 0 heterocycles. The predicted molar refractivity (Wildman–Crippen MR) is 293 cm³/mol. The minimum Gasteiger partial charge on any atom is -0.462 e. The fraction of sp³-hybridized carbons (Fsp3) is 0.629. The smallest absolute Gasteiger partial charge is 0.306 e. The Bertz CT molecular complexity index is 1450. The van der Waals surface area contributed by atoms with Gasteiger partial charge in [0.15, 0.2) is 6.10 Å². The van der Waals surface area contributed by atoms with Gasteiger partial charge in [-0.05, 0) is 64.2 Å². The van der Waals surface area contributed by atoms with Crippen LogP contribution in [0.5, 0.6) is 0 Å². The average Bonchev–Trinajstić information content (AvgIpc) is 3.34. The van der Waals surface area contributed by atoms with E-state index < -0.39 is 6.10 Å². The fourth-order valence-electron chi connectivity index (χ4n) is 7.31. The Balaban J connectivity index is 4.54. The van der Waals surface area contributed by atoms with Crippen LogP contribution < -0.4 is 0 Å². The molecule has 0 N–H and O–H groups in total. The molecular formula is C62H100O6. The lowest BCUT2D eigenvalue weighted by Gasteiger charge is -2.18. The summed E-state index contributed by atoms with van der Waals surface area (Å²) in [5, 5.41) is 0. The molecular weight excluding hydrogens is 841 g/mol. The number of unbranched alkanes of at least 4 members (excludes halogenated alkanes) is 25. The van der Waals surface area contributed by atoms with Crippen LogP contribution >= 0.6 is 0 Å².